The molecule has 2 aliphatic rings. The first-order valence-corrected chi connectivity index (χ1v) is 18.8. The normalized spacial score (nSPS) is 17.6. The lowest BCUT2D eigenvalue weighted by Gasteiger charge is -2.27. The third kappa shape index (κ3) is 13.1. The summed E-state index contributed by atoms with van der Waals surface area (Å²) in [4.78, 5) is 84.6. The highest BCUT2D eigenvalue weighted by atomic mass is 16.6. The maximum Gasteiger partial charge on any atom is 0.410 e. The van der Waals surface area contributed by atoms with Crippen molar-refractivity contribution in [2.75, 3.05) is 26.2 Å². The number of likely N-dealkylation sites (tertiary alicyclic amines) is 2. The fourth-order valence-electron chi connectivity index (χ4n) is 6.48. The van der Waals surface area contributed by atoms with Gasteiger partial charge in [-0.1, -0.05) is 44.2 Å². The van der Waals surface area contributed by atoms with Crippen LogP contribution in [0.2, 0.25) is 0 Å². The van der Waals surface area contributed by atoms with Crippen LogP contribution >= 0.6 is 0 Å². The molecule has 56 heavy (non-hydrogen) atoms. The number of carboxylic acid groups (broad SMARTS) is 1. The van der Waals surface area contributed by atoms with Crippen LogP contribution in [0.3, 0.4) is 0 Å². The summed E-state index contributed by atoms with van der Waals surface area (Å²) in [5, 5.41) is 25.9. The molecular weight excluding hydrogens is 724 g/mol. The smallest absolute Gasteiger partial charge is 0.410 e. The standard InChI is InChI=1S/C38H52N10O8/c1-24(2)21-29(33(50)42-22-32(49)47-19-7-12-30(47)34(51)43-28(36(53)54)11-6-18-41-37(39)40)44-35(52)31-13-8-20-48(31)38(55)56-23-25-14-16-27(17-15-25)46-45-26-9-4-3-5-10-26/h3-5,9-10,14-17,24,28-31H,6-8,11-13,18-23H2,1-2H3,(H,42,50)(H,43,51)(H,44,52)(H,53,54)(H4,39,40,41)/t28-,29+,30-,31+/m1/s1. The summed E-state index contributed by atoms with van der Waals surface area (Å²) >= 11 is 0. The van der Waals surface area contributed by atoms with Gasteiger partial charge in [0.05, 0.1) is 17.9 Å². The van der Waals surface area contributed by atoms with E-state index >= 15 is 0 Å². The highest BCUT2D eigenvalue weighted by Crippen LogP contribution is 2.22. The van der Waals surface area contributed by atoms with Crippen molar-refractivity contribution >= 4 is 53.0 Å². The molecule has 0 bridgehead atoms. The number of guanidine groups is 1. The van der Waals surface area contributed by atoms with E-state index in [-0.39, 0.29) is 44.4 Å². The Morgan fingerprint density at radius 3 is 2.04 bits per heavy atom. The molecule has 5 amide bonds. The zero-order valence-corrected chi connectivity index (χ0v) is 31.8. The molecule has 2 fully saturated rings. The lowest BCUT2D eigenvalue weighted by molar-refractivity contribution is -0.144. The number of rotatable bonds is 18. The van der Waals surface area contributed by atoms with Crippen molar-refractivity contribution in [2.24, 2.45) is 32.6 Å². The molecule has 4 rings (SSSR count). The Morgan fingerprint density at radius 1 is 0.839 bits per heavy atom. The van der Waals surface area contributed by atoms with Crippen molar-refractivity contribution in [2.45, 2.75) is 89.6 Å². The number of azo groups is 1. The van der Waals surface area contributed by atoms with Gasteiger partial charge < -0.3 is 42.2 Å². The molecule has 2 heterocycles. The van der Waals surface area contributed by atoms with E-state index in [2.05, 4.69) is 31.2 Å². The summed E-state index contributed by atoms with van der Waals surface area (Å²) in [6, 6.07) is 12.4. The van der Waals surface area contributed by atoms with Crippen molar-refractivity contribution in [3.63, 3.8) is 0 Å². The Balaban J connectivity index is 1.27. The predicted octanol–water partition coefficient (Wildman–Crippen LogP) is 2.46. The molecule has 0 aromatic heterocycles. The van der Waals surface area contributed by atoms with Gasteiger partial charge in [0.1, 0.15) is 30.8 Å². The summed E-state index contributed by atoms with van der Waals surface area (Å²) in [7, 11) is 0. The molecule has 302 valence electrons. The highest BCUT2D eigenvalue weighted by molar-refractivity contribution is 5.95. The van der Waals surface area contributed by atoms with Gasteiger partial charge in [-0.15, -0.1) is 0 Å². The third-order valence-electron chi connectivity index (χ3n) is 9.32. The van der Waals surface area contributed by atoms with Crippen LogP contribution in [0.5, 0.6) is 0 Å². The Labute approximate surface area is 325 Å². The van der Waals surface area contributed by atoms with Gasteiger partial charge in [0, 0.05) is 19.6 Å². The molecule has 0 spiro atoms. The van der Waals surface area contributed by atoms with Crippen molar-refractivity contribution in [3.8, 4) is 0 Å². The third-order valence-corrected chi connectivity index (χ3v) is 9.32. The summed E-state index contributed by atoms with van der Waals surface area (Å²) in [6.07, 6.45) is 1.79. The van der Waals surface area contributed by atoms with Gasteiger partial charge in [-0.2, -0.15) is 10.2 Å². The molecule has 0 aliphatic carbocycles. The molecule has 2 saturated heterocycles. The minimum Gasteiger partial charge on any atom is -0.480 e. The van der Waals surface area contributed by atoms with Gasteiger partial charge >= 0.3 is 12.1 Å². The highest BCUT2D eigenvalue weighted by Gasteiger charge is 2.38. The van der Waals surface area contributed by atoms with Gasteiger partial charge in [-0.3, -0.25) is 29.1 Å². The first-order chi connectivity index (χ1) is 26.8. The number of carbonyl (C=O) groups is 6. The van der Waals surface area contributed by atoms with E-state index in [1.165, 1.54) is 9.80 Å². The van der Waals surface area contributed by atoms with Gasteiger partial charge in [-0.25, -0.2) is 9.59 Å². The zero-order valence-electron chi connectivity index (χ0n) is 31.8. The number of carbonyl (C=O) groups excluding carboxylic acids is 5. The first-order valence-electron chi connectivity index (χ1n) is 18.8. The van der Waals surface area contributed by atoms with Crippen LogP contribution in [0, 0.1) is 5.92 Å². The number of amides is 5. The Morgan fingerprint density at radius 2 is 1.43 bits per heavy atom. The molecule has 2 aliphatic heterocycles. The van der Waals surface area contributed by atoms with Gasteiger partial charge in [0.2, 0.25) is 23.6 Å². The van der Waals surface area contributed by atoms with E-state index in [1.54, 1.807) is 24.3 Å². The lowest BCUT2D eigenvalue weighted by atomic mass is 10.0. The molecule has 4 atom stereocenters. The quantitative estimate of drug-likeness (QED) is 0.0557. The van der Waals surface area contributed by atoms with Crippen molar-refractivity contribution in [1.82, 2.24) is 25.8 Å². The SMILES string of the molecule is CC(C)C[C@H](NC(=O)[C@@H]1CCCN1C(=O)OCc1ccc(N=Nc2ccccc2)cc1)C(=O)NCC(=O)N1CCC[C@@H]1C(=O)N[C@H](CCCN=C(N)N)C(=O)O. The molecular formula is C38H52N10O8. The molecule has 0 saturated carbocycles. The number of aliphatic carboxylic acids is 1. The average molecular weight is 777 g/mol. The summed E-state index contributed by atoms with van der Waals surface area (Å²) < 4.78 is 5.54. The summed E-state index contributed by atoms with van der Waals surface area (Å²) in [6.45, 7) is 4.06. The molecule has 2 aromatic rings. The molecule has 0 radical (unpaired) electrons. The zero-order chi connectivity index (χ0) is 40.6. The van der Waals surface area contributed by atoms with Crippen LogP contribution in [0.15, 0.2) is 69.8 Å². The maximum atomic E-state index is 13.5. The van der Waals surface area contributed by atoms with E-state index in [0.29, 0.717) is 44.3 Å². The van der Waals surface area contributed by atoms with E-state index in [0.717, 1.165) is 11.3 Å². The van der Waals surface area contributed by atoms with Crippen LogP contribution in [0.25, 0.3) is 0 Å². The van der Waals surface area contributed by atoms with Crippen LogP contribution in [-0.4, -0.2) is 107 Å². The number of nitrogens with one attached hydrogen (secondary N) is 3. The fraction of sp³-hybridized carbons (Fsp3) is 0.500. The largest absolute Gasteiger partial charge is 0.480 e. The Bertz CT molecular complexity index is 1730. The van der Waals surface area contributed by atoms with Gasteiger partial charge in [0.15, 0.2) is 5.96 Å². The Kier molecular flexibility index (Phi) is 16.1. The molecule has 18 heteroatoms. The maximum absolute atomic E-state index is 13.5. The second-order valence-corrected chi connectivity index (χ2v) is 14.1. The number of aliphatic imine (C=N–C) groups is 1. The number of hydrogen-bond donors (Lipinski definition) is 6. The lowest BCUT2D eigenvalue weighted by Crippen LogP contribution is -2.55. The summed E-state index contributed by atoms with van der Waals surface area (Å²) in [5.74, 6) is -3.60. The topological polar surface area (TPSA) is 264 Å². The van der Waals surface area contributed by atoms with Crippen molar-refractivity contribution in [3.05, 3.63) is 60.2 Å². The first kappa shape index (κ1) is 42.7. The fourth-order valence-corrected chi connectivity index (χ4v) is 6.48. The molecule has 2 aromatic carbocycles. The van der Waals surface area contributed by atoms with Gasteiger partial charge in [-0.05, 0) is 80.7 Å². The number of carboxylic acids is 1. The second-order valence-electron chi connectivity index (χ2n) is 14.1. The van der Waals surface area contributed by atoms with Crippen LogP contribution in [-0.2, 0) is 35.3 Å². The van der Waals surface area contributed by atoms with Gasteiger partial charge in [0.25, 0.3) is 0 Å². The summed E-state index contributed by atoms with van der Waals surface area (Å²) in [5.41, 5.74) is 12.7. The number of nitrogens with zero attached hydrogens (tertiary/aromatic N) is 5. The second kappa shape index (κ2) is 21.1. The van der Waals surface area contributed by atoms with E-state index in [4.69, 9.17) is 16.2 Å². The Hall–Kier alpha value is -6.07. The van der Waals surface area contributed by atoms with Crippen LogP contribution < -0.4 is 27.4 Å². The van der Waals surface area contributed by atoms with Crippen LogP contribution in [0.4, 0.5) is 16.2 Å². The van der Waals surface area contributed by atoms with E-state index in [9.17, 15) is 33.9 Å². The van der Waals surface area contributed by atoms with Crippen molar-refractivity contribution < 1.29 is 38.6 Å². The average Bonchev–Trinajstić information content (AvgIpc) is 3.88. The minimum atomic E-state index is -1.23. The minimum absolute atomic E-state index is 0.00842. The monoisotopic (exact) mass is 776 g/mol. The molecule has 8 N–H and O–H groups in total. The van der Waals surface area contributed by atoms with Crippen LogP contribution in [0.1, 0.15) is 64.4 Å². The molecule has 0 unspecified atom stereocenters. The van der Waals surface area contributed by atoms with E-state index in [1.807, 2.05) is 44.2 Å². The number of hydrogen-bond acceptors (Lipinski definition) is 10. The van der Waals surface area contributed by atoms with Crippen molar-refractivity contribution in [1.29, 1.82) is 0 Å². The predicted molar refractivity (Wildman–Crippen MR) is 206 cm³/mol. The number of benzene rings is 2. The number of nitrogens with two attached hydrogens (primary N) is 2. The number of ether oxygens (including phenoxy) is 1. The molecule has 18 nitrogen and oxygen atoms in total. The van der Waals surface area contributed by atoms with E-state index < -0.39 is 66.4 Å².